The molecule has 1 saturated carbocycles. The van der Waals surface area contributed by atoms with E-state index in [0.29, 0.717) is 10.7 Å². The SMILES string of the molecule is CSC1(CNCc2cn(C)nc2C(C)C)CC1. The van der Waals surface area contributed by atoms with E-state index < -0.39 is 0 Å². The van der Waals surface area contributed by atoms with E-state index in [2.05, 4.69) is 36.7 Å². The van der Waals surface area contributed by atoms with Gasteiger partial charge in [-0.2, -0.15) is 16.9 Å². The van der Waals surface area contributed by atoms with Gasteiger partial charge in [0, 0.05) is 36.6 Å². The molecule has 1 aliphatic rings. The average molecular weight is 253 g/mol. The maximum atomic E-state index is 4.53. The van der Waals surface area contributed by atoms with Crippen LogP contribution in [-0.4, -0.2) is 27.3 Å². The monoisotopic (exact) mass is 253 g/mol. The number of aromatic nitrogens is 2. The van der Waals surface area contributed by atoms with E-state index in [9.17, 15) is 0 Å². The van der Waals surface area contributed by atoms with Gasteiger partial charge in [0.05, 0.1) is 5.69 Å². The maximum Gasteiger partial charge on any atom is 0.0694 e. The van der Waals surface area contributed by atoms with Crippen molar-refractivity contribution < 1.29 is 0 Å². The van der Waals surface area contributed by atoms with E-state index in [1.54, 1.807) is 0 Å². The molecule has 1 N–H and O–H groups in total. The summed E-state index contributed by atoms with van der Waals surface area (Å²) in [5, 5.41) is 8.12. The van der Waals surface area contributed by atoms with Gasteiger partial charge in [-0.15, -0.1) is 0 Å². The fourth-order valence-corrected chi connectivity index (χ4v) is 2.95. The summed E-state index contributed by atoms with van der Waals surface area (Å²) in [7, 11) is 2.00. The van der Waals surface area contributed by atoms with E-state index >= 15 is 0 Å². The molecule has 0 amide bonds. The summed E-state index contributed by atoms with van der Waals surface area (Å²) in [5.74, 6) is 0.503. The minimum Gasteiger partial charge on any atom is -0.311 e. The molecule has 1 fully saturated rings. The maximum absolute atomic E-state index is 4.53. The molecule has 4 heteroatoms. The summed E-state index contributed by atoms with van der Waals surface area (Å²) >= 11 is 2.01. The molecule has 1 aromatic heterocycles. The molecule has 0 bridgehead atoms. The number of hydrogen-bond donors (Lipinski definition) is 1. The van der Waals surface area contributed by atoms with Gasteiger partial charge in [0.25, 0.3) is 0 Å². The average Bonchev–Trinajstić information content (AvgIpc) is 2.96. The molecule has 3 nitrogen and oxygen atoms in total. The van der Waals surface area contributed by atoms with E-state index in [0.717, 1.165) is 13.1 Å². The third kappa shape index (κ3) is 3.05. The van der Waals surface area contributed by atoms with Crippen LogP contribution in [0.4, 0.5) is 0 Å². The fraction of sp³-hybridized carbons (Fsp3) is 0.769. The van der Waals surface area contributed by atoms with Crippen molar-refractivity contribution in [1.29, 1.82) is 0 Å². The number of thioether (sulfide) groups is 1. The van der Waals surface area contributed by atoms with Crippen molar-refractivity contribution >= 4 is 11.8 Å². The van der Waals surface area contributed by atoms with Crippen LogP contribution in [0.1, 0.15) is 43.9 Å². The van der Waals surface area contributed by atoms with Gasteiger partial charge in [-0.3, -0.25) is 4.68 Å². The molecule has 0 spiro atoms. The zero-order valence-corrected chi connectivity index (χ0v) is 12.1. The van der Waals surface area contributed by atoms with Crippen molar-refractivity contribution in [2.45, 2.75) is 43.9 Å². The van der Waals surface area contributed by atoms with Crippen molar-refractivity contribution in [1.82, 2.24) is 15.1 Å². The van der Waals surface area contributed by atoms with E-state index in [1.165, 1.54) is 24.1 Å². The topological polar surface area (TPSA) is 29.9 Å². The molecule has 0 unspecified atom stereocenters. The summed E-state index contributed by atoms with van der Waals surface area (Å²) < 4.78 is 2.47. The molecular formula is C13H23N3S. The van der Waals surface area contributed by atoms with Crippen molar-refractivity contribution in [2.75, 3.05) is 12.8 Å². The Kier molecular flexibility index (Phi) is 3.83. The van der Waals surface area contributed by atoms with Crippen LogP contribution in [0.5, 0.6) is 0 Å². The highest BCUT2D eigenvalue weighted by Crippen LogP contribution is 2.46. The smallest absolute Gasteiger partial charge is 0.0694 e. The Morgan fingerprint density at radius 2 is 2.24 bits per heavy atom. The predicted molar refractivity (Wildman–Crippen MR) is 74.5 cm³/mol. The molecule has 17 heavy (non-hydrogen) atoms. The lowest BCUT2D eigenvalue weighted by atomic mass is 10.1. The minimum atomic E-state index is 0.503. The molecular weight excluding hydrogens is 230 g/mol. The van der Waals surface area contributed by atoms with Gasteiger partial charge in [0.2, 0.25) is 0 Å². The van der Waals surface area contributed by atoms with Crippen molar-refractivity contribution in [2.24, 2.45) is 7.05 Å². The van der Waals surface area contributed by atoms with E-state index in [1.807, 2.05) is 23.5 Å². The lowest BCUT2D eigenvalue weighted by Crippen LogP contribution is -2.25. The molecule has 1 aliphatic carbocycles. The Bertz CT molecular complexity index is 380. The number of nitrogens with zero attached hydrogens (tertiary/aromatic N) is 2. The third-order valence-corrected chi connectivity index (χ3v) is 4.91. The van der Waals surface area contributed by atoms with Gasteiger partial charge in [0.15, 0.2) is 0 Å². The van der Waals surface area contributed by atoms with Crippen molar-refractivity contribution in [3.05, 3.63) is 17.5 Å². The van der Waals surface area contributed by atoms with Crippen LogP contribution in [-0.2, 0) is 13.6 Å². The summed E-state index contributed by atoms with van der Waals surface area (Å²) in [6.45, 7) is 6.48. The Balaban J connectivity index is 1.90. The van der Waals surface area contributed by atoms with Crippen LogP contribution < -0.4 is 5.32 Å². The van der Waals surface area contributed by atoms with E-state index in [4.69, 9.17) is 0 Å². The number of aryl methyl sites for hydroxylation is 1. The first-order valence-corrected chi connectivity index (χ1v) is 7.57. The number of nitrogens with one attached hydrogen (secondary N) is 1. The summed E-state index contributed by atoms with van der Waals surface area (Å²) in [5.41, 5.74) is 2.58. The standard InChI is InChI=1S/C13H23N3S/c1-10(2)12-11(8-16(3)15-12)7-14-9-13(17-4)5-6-13/h8,10,14H,5-7,9H2,1-4H3. The van der Waals surface area contributed by atoms with Crippen LogP contribution in [0.3, 0.4) is 0 Å². The second kappa shape index (κ2) is 5.02. The lowest BCUT2D eigenvalue weighted by Gasteiger charge is -2.13. The molecule has 0 aliphatic heterocycles. The Labute approximate surface area is 108 Å². The first-order chi connectivity index (χ1) is 8.06. The highest BCUT2D eigenvalue weighted by Gasteiger charge is 2.41. The highest BCUT2D eigenvalue weighted by molar-refractivity contribution is 8.00. The van der Waals surface area contributed by atoms with E-state index in [-0.39, 0.29) is 0 Å². The molecule has 2 rings (SSSR count). The first kappa shape index (κ1) is 13.0. The number of rotatable bonds is 6. The van der Waals surface area contributed by atoms with Crippen molar-refractivity contribution in [3.8, 4) is 0 Å². The molecule has 0 aromatic carbocycles. The second-order valence-corrected chi connectivity index (χ2v) is 6.63. The van der Waals surface area contributed by atoms with Crippen LogP contribution in [0.2, 0.25) is 0 Å². The first-order valence-electron chi connectivity index (χ1n) is 6.34. The Morgan fingerprint density at radius 1 is 1.53 bits per heavy atom. The Hall–Kier alpha value is -0.480. The molecule has 96 valence electrons. The molecule has 1 heterocycles. The van der Waals surface area contributed by atoms with Gasteiger partial charge < -0.3 is 5.32 Å². The zero-order valence-electron chi connectivity index (χ0n) is 11.3. The lowest BCUT2D eigenvalue weighted by molar-refractivity contribution is 0.654. The van der Waals surface area contributed by atoms with Crippen LogP contribution >= 0.6 is 11.8 Å². The largest absolute Gasteiger partial charge is 0.311 e. The minimum absolute atomic E-state index is 0.503. The van der Waals surface area contributed by atoms with Gasteiger partial charge in [0.1, 0.15) is 0 Å². The normalized spacial score (nSPS) is 17.7. The molecule has 0 atom stereocenters. The van der Waals surface area contributed by atoms with Crippen LogP contribution in [0.25, 0.3) is 0 Å². The highest BCUT2D eigenvalue weighted by atomic mass is 32.2. The van der Waals surface area contributed by atoms with Crippen molar-refractivity contribution in [3.63, 3.8) is 0 Å². The van der Waals surface area contributed by atoms with Gasteiger partial charge in [-0.05, 0) is 25.0 Å². The summed E-state index contributed by atoms with van der Waals surface area (Å²) in [4.78, 5) is 0. The molecule has 0 saturated heterocycles. The molecule has 1 aromatic rings. The quantitative estimate of drug-likeness (QED) is 0.845. The fourth-order valence-electron chi connectivity index (χ4n) is 2.19. The van der Waals surface area contributed by atoms with Gasteiger partial charge >= 0.3 is 0 Å². The summed E-state index contributed by atoms with van der Waals surface area (Å²) in [6, 6.07) is 0. The third-order valence-electron chi connectivity index (χ3n) is 3.49. The second-order valence-electron chi connectivity index (χ2n) is 5.36. The van der Waals surface area contributed by atoms with Crippen LogP contribution in [0.15, 0.2) is 6.20 Å². The number of hydrogen-bond acceptors (Lipinski definition) is 3. The van der Waals surface area contributed by atoms with Gasteiger partial charge in [-0.25, -0.2) is 0 Å². The van der Waals surface area contributed by atoms with Crippen LogP contribution in [0, 0.1) is 0 Å². The Morgan fingerprint density at radius 3 is 2.76 bits per heavy atom. The zero-order chi connectivity index (χ0) is 12.5. The summed E-state index contributed by atoms with van der Waals surface area (Å²) in [6.07, 6.45) is 7.09. The predicted octanol–water partition coefficient (Wildman–Crippen LogP) is 2.53. The molecule has 0 radical (unpaired) electrons. The van der Waals surface area contributed by atoms with Gasteiger partial charge in [-0.1, -0.05) is 13.8 Å².